The molecule has 0 aliphatic carbocycles. The van der Waals surface area contributed by atoms with Gasteiger partial charge in [-0.3, -0.25) is 19.8 Å². The number of hydrogen-bond donors (Lipinski definition) is 2. The fraction of sp³-hybridized carbons (Fsp3) is 0.833. The Labute approximate surface area is 101 Å². The third-order valence-corrected chi connectivity index (χ3v) is 4.39. The van der Waals surface area contributed by atoms with Crippen LogP contribution in [0.25, 0.3) is 0 Å². The van der Waals surface area contributed by atoms with Gasteiger partial charge in [0.1, 0.15) is 0 Å². The van der Waals surface area contributed by atoms with E-state index in [4.69, 9.17) is 0 Å². The minimum Gasteiger partial charge on any atom is -0.317 e. The van der Waals surface area contributed by atoms with Crippen LogP contribution in [0.5, 0.6) is 0 Å². The number of hydrogen-bond acceptors (Lipinski definition) is 4. The summed E-state index contributed by atoms with van der Waals surface area (Å²) in [6, 6.07) is 0.598. The van der Waals surface area contributed by atoms with E-state index in [1.165, 1.54) is 0 Å². The van der Waals surface area contributed by atoms with E-state index in [2.05, 4.69) is 15.5 Å². The highest BCUT2D eigenvalue weighted by Crippen LogP contribution is 2.30. The molecule has 0 radical (unpaired) electrons. The maximum Gasteiger partial charge on any atom is 0.231 e. The zero-order chi connectivity index (χ0) is 11.8. The van der Waals surface area contributed by atoms with Gasteiger partial charge in [0.15, 0.2) is 0 Å². The molecule has 94 valence electrons. The van der Waals surface area contributed by atoms with Crippen LogP contribution in [0, 0.1) is 11.8 Å². The van der Waals surface area contributed by atoms with Gasteiger partial charge in [-0.25, -0.2) is 0 Å². The molecule has 5 nitrogen and oxygen atoms in total. The van der Waals surface area contributed by atoms with E-state index < -0.39 is 0 Å². The second kappa shape index (κ2) is 4.38. The number of imide groups is 1. The van der Waals surface area contributed by atoms with Crippen molar-refractivity contribution in [3.63, 3.8) is 0 Å². The number of fused-ring (bicyclic) bond motifs is 1. The number of likely N-dealkylation sites (tertiary alicyclic amines) is 1. The largest absolute Gasteiger partial charge is 0.317 e. The Kier molecular flexibility index (Phi) is 2.88. The lowest BCUT2D eigenvalue weighted by Gasteiger charge is -2.40. The molecule has 0 spiro atoms. The van der Waals surface area contributed by atoms with Crippen LogP contribution < -0.4 is 10.6 Å². The number of rotatable bonds is 1. The average molecular weight is 237 g/mol. The summed E-state index contributed by atoms with van der Waals surface area (Å²) in [5.41, 5.74) is 0. The van der Waals surface area contributed by atoms with Crippen molar-refractivity contribution in [2.75, 3.05) is 26.2 Å². The molecule has 3 fully saturated rings. The van der Waals surface area contributed by atoms with Crippen LogP contribution in [0.3, 0.4) is 0 Å². The van der Waals surface area contributed by atoms with E-state index in [-0.39, 0.29) is 23.7 Å². The third-order valence-electron chi connectivity index (χ3n) is 4.39. The fourth-order valence-electron chi connectivity index (χ4n) is 3.37. The molecule has 0 unspecified atom stereocenters. The smallest absolute Gasteiger partial charge is 0.231 e. The fourth-order valence-corrected chi connectivity index (χ4v) is 3.37. The Morgan fingerprint density at radius 2 is 1.71 bits per heavy atom. The third kappa shape index (κ3) is 1.98. The summed E-state index contributed by atoms with van der Waals surface area (Å²) >= 11 is 0. The molecular formula is C12H19N3O2. The second-order valence-electron chi connectivity index (χ2n) is 5.33. The lowest BCUT2D eigenvalue weighted by Crippen LogP contribution is -2.50. The van der Waals surface area contributed by atoms with Gasteiger partial charge in [-0.05, 0) is 38.9 Å². The van der Waals surface area contributed by atoms with E-state index >= 15 is 0 Å². The molecule has 2 amide bonds. The number of nitrogens with one attached hydrogen (secondary N) is 2. The van der Waals surface area contributed by atoms with Crippen LogP contribution in [0.15, 0.2) is 0 Å². The molecule has 3 heterocycles. The highest BCUT2D eigenvalue weighted by molar-refractivity contribution is 6.05. The highest BCUT2D eigenvalue weighted by atomic mass is 16.2. The Bertz CT molecular complexity index is 339. The van der Waals surface area contributed by atoms with E-state index in [1.807, 2.05) is 0 Å². The topological polar surface area (TPSA) is 61.4 Å². The first kappa shape index (κ1) is 11.2. The Balaban J connectivity index is 1.66. The number of piperidine rings is 2. The molecule has 3 aliphatic rings. The van der Waals surface area contributed by atoms with Crippen LogP contribution in [0.1, 0.15) is 19.3 Å². The summed E-state index contributed by atoms with van der Waals surface area (Å²) in [7, 11) is 0. The summed E-state index contributed by atoms with van der Waals surface area (Å²) in [5.74, 6) is -0.254. The molecule has 0 aromatic carbocycles. The second-order valence-corrected chi connectivity index (χ2v) is 5.33. The van der Waals surface area contributed by atoms with Crippen LogP contribution in [-0.4, -0.2) is 48.9 Å². The minimum absolute atomic E-state index is 0.0510. The molecule has 0 aromatic heterocycles. The summed E-state index contributed by atoms with van der Waals surface area (Å²) < 4.78 is 0. The monoisotopic (exact) mass is 237 g/mol. The maximum absolute atomic E-state index is 11.7. The van der Waals surface area contributed by atoms with E-state index in [0.717, 1.165) is 45.4 Å². The number of carbonyl (C=O) groups is 2. The quantitative estimate of drug-likeness (QED) is 0.594. The van der Waals surface area contributed by atoms with Gasteiger partial charge in [-0.1, -0.05) is 0 Å². The molecule has 5 heteroatoms. The van der Waals surface area contributed by atoms with Gasteiger partial charge >= 0.3 is 0 Å². The highest BCUT2D eigenvalue weighted by Gasteiger charge is 2.45. The molecule has 3 rings (SSSR count). The van der Waals surface area contributed by atoms with Gasteiger partial charge in [-0.2, -0.15) is 0 Å². The molecule has 2 N–H and O–H groups in total. The summed E-state index contributed by atoms with van der Waals surface area (Å²) in [6.07, 6.45) is 3.16. The normalized spacial score (nSPS) is 35.8. The average Bonchev–Trinajstić information content (AvgIpc) is 2.66. The molecular weight excluding hydrogens is 218 g/mol. The van der Waals surface area contributed by atoms with Crippen molar-refractivity contribution in [3.8, 4) is 0 Å². The predicted octanol–water partition coefficient (Wildman–Crippen LogP) is -0.667. The number of amides is 2. The van der Waals surface area contributed by atoms with Crippen LogP contribution in [0.4, 0.5) is 0 Å². The molecule has 3 aliphatic heterocycles. The SMILES string of the molecule is O=C1NC(=O)[C@@H]2CN(C3CCNCC3)CC[C@H]12. The van der Waals surface area contributed by atoms with Crippen molar-refractivity contribution >= 4 is 11.8 Å². The van der Waals surface area contributed by atoms with Crippen molar-refractivity contribution in [2.45, 2.75) is 25.3 Å². The van der Waals surface area contributed by atoms with E-state index in [0.29, 0.717) is 6.04 Å². The first-order valence-corrected chi connectivity index (χ1v) is 6.55. The minimum atomic E-state index is -0.0915. The van der Waals surface area contributed by atoms with Gasteiger partial charge < -0.3 is 5.32 Å². The van der Waals surface area contributed by atoms with Gasteiger partial charge in [0, 0.05) is 12.6 Å². The summed E-state index contributed by atoms with van der Waals surface area (Å²) in [6.45, 7) is 3.88. The van der Waals surface area contributed by atoms with E-state index in [1.54, 1.807) is 0 Å². The molecule has 0 bridgehead atoms. The van der Waals surface area contributed by atoms with Crippen LogP contribution >= 0.6 is 0 Å². The van der Waals surface area contributed by atoms with Gasteiger partial charge in [0.05, 0.1) is 11.8 Å². The number of carbonyl (C=O) groups excluding carboxylic acids is 2. The standard InChI is InChI=1S/C12H19N3O2/c16-11-9-3-6-15(7-10(9)12(17)14-11)8-1-4-13-5-2-8/h8-10,13H,1-7H2,(H,14,16,17)/t9-,10+/m0/s1. The van der Waals surface area contributed by atoms with Crippen LogP contribution in [-0.2, 0) is 9.59 Å². The van der Waals surface area contributed by atoms with Crippen molar-refractivity contribution in [1.29, 1.82) is 0 Å². The zero-order valence-corrected chi connectivity index (χ0v) is 9.95. The number of nitrogens with zero attached hydrogens (tertiary/aromatic N) is 1. The van der Waals surface area contributed by atoms with Crippen molar-refractivity contribution < 1.29 is 9.59 Å². The van der Waals surface area contributed by atoms with Crippen LogP contribution in [0.2, 0.25) is 0 Å². The molecule has 3 saturated heterocycles. The lowest BCUT2D eigenvalue weighted by molar-refractivity contribution is -0.126. The van der Waals surface area contributed by atoms with Gasteiger partial charge in [0.25, 0.3) is 0 Å². The summed E-state index contributed by atoms with van der Waals surface area (Å²) in [5, 5.41) is 5.82. The van der Waals surface area contributed by atoms with E-state index in [9.17, 15) is 9.59 Å². The molecule has 17 heavy (non-hydrogen) atoms. The Morgan fingerprint density at radius 3 is 2.47 bits per heavy atom. The molecule has 0 saturated carbocycles. The molecule has 2 atom stereocenters. The summed E-state index contributed by atoms with van der Waals surface area (Å²) in [4.78, 5) is 25.6. The van der Waals surface area contributed by atoms with Crippen molar-refractivity contribution in [1.82, 2.24) is 15.5 Å². The Morgan fingerprint density at radius 1 is 1.00 bits per heavy atom. The van der Waals surface area contributed by atoms with Crippen molar-refractivity contribution in [3.05, 3.63) is 0 Å². The lowest BCUT2D eigenvalue weighted by atomic mass is 9.86. The zero-order valence-electron chi connectivity index (χ0n) is 9.95. The van der Waals surface area contributed by atoms with Gasteiger partial charge in [-0.15, -0.1) is 0 Å². The Hall–Kier alpha value is -0.940. The first-order valence-electron chi connectivity index (χ1n) is 6.55. The molecule has 0 aromatic rings. The maximum atomic E-state index is 11.7. The van der Waals surface area contributed by atoms with Gasteiger partial charge in [0.2, 0.25) is 11.8 Å². The predicted molar refractivity (Wildman–Crippen MR) is 62.2 cm³/mol. The first-order chi connectivity index (χ1) is 8.25. The van der Waals surface area contributed by atoms with Crippen molar-refractivity contribution in [2.24, 2.45) is 11.8 Å².